The van der Waals surface area contributed by atoms with Gasteiger partial charge < -0.3 is 4.74 Å². The van der Waals surface area contributed by atoms with Crippen LogP contribution in [0.4, 0.5) is 0 Å². The van der Waals surface area contributed by atoms with E-state index in [1.807, 2.05) is 13.0 Å². The number of hydrazone groups is 1. The maximum absolute atomic E-state index is 12.0. The smallest absolute Gasteiger partial charge is 0.271 e. The summed E-state index contributed by atoms with van der Waals surface area (Å²) in [5.74, 6) is 0.976. The number of carbonyl (C=O) groups excluding carboxylic acids is 1. The fourth-order valence-corrected chi connectivity index (χ4v) is 2.28. The average Bonchev–Trinajstić information content (AvgIpc) is 2.62. The lowest BCUT2D eigenvalue weighted by Crippen LogP contribution is -2.17. The van der Waals surface area contributed by atoms with Crippen LogP contribution in [0, 0.1) is 0 Å². The Kier molecular flexibility index (Phi) is 6.52. The van der Waals surface area contributed by atoms with Crippen molar-refractivity contribution in [3.63, 3.8) is 0 Å². The van der Waals surface area contributed by atoms with Crippen LogP contribution in [0.1, 0.15) is 48.2 Å². The third-order valence-electron chi connectivity index (χ3n) is 3.78. The predicted molar refractivity (Wildman–Crippen MR) is 103 cm³/mol. The Bertz CT molecular complexity index is 757. The molecule has 0 unspecified atom stereocenters. The number of hydrogen-bond donors (Lipinski definition) is 1. The van der Waals surface area contributed by atoms with E-state index in [-0.39, 0.29) is 5.91 Å². The third kappa shape index (κ3) is 5.60. The van der Waals surface area contributed by atoms with Gasteiger partial charge in [-0.15, -0.1) is 0 Å². The van der Waals surface area contributed by atoms with E-state index >= 15 is 0 Å². The van der Waals surface area contributed by atoms with E-state index in [0.29, 0.717) is 17.2 Å². The Morgan fingerprint density at radius 3 is 2.28 bits per heavy atom. The molecule has 0 atom stereocenters. The van der Waals surface area contributed by atoms with Gasteiger partial charge in [-0.1, -0.05) is 44.2 Å². The second-order valence-electron chi connectivity index (χ2n) is 6.14. The van der Waals surface area contributed by atoms with E-state index in [9.17, 15) is 4.79 Å². The molecule has 0 bridgehead atoms. The second kappa shape index (κ2) is 8.83. The monoisotopic (exact) mass is 336 g/mol. The highest BCUT2D eigenvalue weighted by Gasteiger charge is 2.03. The SMILES string of the molecule is COc1ccc(C(=O)N/N=C/C(C)=C/c2ccc(C(C)C)cc2)cc1. The maximum Gasteiger partial charge on any atom is 0.271 e. The third-order valence-corrected chi connectivity index (χ3v) is 3.78. The van der Waals surface area contributed by atoms with Crippen LogP contribution in [-0.4, -0.2) is 19.2 Å². The molecule has 0 spiro atoms. The maximum atomic E-state index is 12.0. The molecule has 130 valence electrons. The molecule has 1 N–H and O–H groups in total. The first-order valence-corrected chi connectivity index (χ1v) is 8.25. The molecule has 0 aliphatic heterocycles. The molecule has 0 heterocycles. The van der Waals surface area contributed by atoms with Crippen LogP contribution in [0.5, 0.6) is 5.75 Å². The van der Waals surface area contributed by atoms with Crippen molar-refractivity contribution in [2.24, 2.45) is 5.10 Å². The van der Waals surface area contributed by atoms with Crippen LogP contribution in [0.25, 0.3) is 6.08 Å². The first-order chi connectivity index (χ1) is 12.0. The molecule has 2 aromatic carbocycles. The van der Waals surface area contributed by atoms with E-state index < -0.39 is 0 Å². The van der Waals surface area contributed by atoms with Crippen LogP contribution in [0.2, 0.25) is 0 Å². The van der Waals surface area contributed by atoms with Gasteiger partial charge in [-0.3, -0.25) is 4.79 Å². The number of carbonyl (C=O) groups is 1. The number of ether oxygens (including phenoxy) is 1. The molecule has 0 saturated heterocycles. The van der Waals surface area contributed by atoms with Gasteiger partial charge >= 0.3 is 0 Å². The Hall–Kier alpha value is -2.88. The first kappa shape index (κ1) is 18.5. The van der Waals surface area contributed by atoms with Crippen molar-refractivity contribution in [3.05, 3.63) is 70.8 Å². The zero-order chi connectivity index (χ0) is 18.2. The van der Waals surface area contributed by atoms with E-state index in [1.54, 1.807) is 37.6 Å². The number of hydrogen-bond acceptors (Lipinski definition) is 3. The fraction of sp³-hybridized carbons (Fsp3) is 0.238. The number of amides is 1. The van der Waals surface area contributed by atoms with E-state index in [2.05, 4.69) is 48.6 Å². The molecular weight excluding hydrogens is 312 g/mol. The van der Waals surface area contributed by atoms with Gasteiger partial charge in [0.15, 0.2) is 0 Å². The molecule has 0 aromatic heterocycles. The van der Waals surface area contributed by atoms with Gasteiger partial charge in [0.05, 0.1) is 13.3 Å². The van der Waals surface area contributed by atoms with E-state index in [1.165, 1.54) is 5.56 Å². The molecule has 1 amide bonds. The molecule has 2 rings (SSSR count). The lowest BCUT2D eigenvalue weighted by atomic mass is 10.0. The van der Waals surface area contributed by atoms with Gasteiger partial charge in [0.2, 0.25) is 0 Å². The van der Waals surface area contributed by atoms with Gasteiger partial charge in [0.25, 0.3) is 5.91 Å². The van der Waals surface area contributed by atoms with Crippen LogP contribution < -0.4 is 10.2 Å². The zero-order valence-corrected chi connectivity index (χ0v) is 15.1. The van der Waals surface area contributed by atoms with Gasteiger partial charge in [-0.05, 0) is 53.8 Å². The Balaban J connectivity index is 1.94. The normalized spacial score (nSPS) is 11.8. The summed E-state index contributed by atoms with van der Waals surface area (Å²) >= 11 is 0. The Labute approximate surface area is 149 Å². The predicted octanol–water partition coefficient (Wildman–Crippen LogP) is 4.64. The quantitative estimate of drug-likeness (QED) is 0.617. The van der Waals surface area contributed by atoms with Gasteiger partial charge in [-0.2, -0.15) is 5.10 Å². The average molecular weight is 336 g/mol. The van der Waals surface area contributed by atoms with Crippen molar-refractivity contribution in [1.82, 2.24) is 5.43 Å². The lowest BCUT2D eigenvalue weighted by molar-refractivity contribution is 0.0955. The molecule has 0 saturated carbocycles. The number of nitrogens with one attached hydrogen (secondary N) is 1. The summed E-state index contributed by atoms with van der Waals surface area (Å²) in [4.78, 5) is 12.0. The van der Waals surface area contributed by atoms with Crippen molar-refractivity contribution >= 4 is 18.2 Å². The number of methoxy groups -OCH3 is 1. The minimum atomic E-state index is -0.256. The minimum Gasteiger partial charge on any atom is -0.497 e. The van der Waals surface area contributed by atoms with E-state index in [4.69, 9.17) is 4.74 Å². The minimum absolute atomic E-state index is 0.256. The molecule has 2 aromatic rings. The molecule has 25 heavy (non-hydrogen) atoms. The highest BCUT2D eigenvalue weighted by atomic mass is 16.5. The summed E-state index contributed by atoms with van der Waals surface area (Å²) in [6, 6.07) is 15.3. The number of benzene rings is 2. The van der Waals surface area contributed by atoms with E-state index in [0.717, 1.165) is 11.1 Å². The van der Waals surface area contributed by atoms with Crippen molar-refractivity contribution in [2.45, 2.75) is 26.7 Å². The standard InChI is InChI=1S/C21H24N2O2/c1-15(2)18-7-5-17(6-8-18)13-16(3)14-22-23-21(24)19-9-11-20(25-4)12-10-19/h5-15H,1-4H3,(H,23,24)/b16-13+,22-14+. The number of allylic oxidation sites excluding steroid dienone is 1. The summed E-state index contributed by atoms with van der Waals surface area (Å²) in [5.41, 5.74) is 6.43. The molecule has 0 aliphatic rings. The molecule has 4 nitrogen and oxygen atoms in total. The summed E-state index contributed by atoms with van der Waals surface area (Å²) in [5, 5.41) is 4.01. The van der Waals surface area contributed by atoms with Crippen molar-refractivity contribution in [2.75, 3.05) is 7.11 Å². The molecule has 0 aliphatic carbocycles. The molecule has 4 heteroatoms. The zero-order valence-electron chi connectivity index (χ0n) is 15.1. The lowest BCUT2D eigenvalue weighted by Gasteiger charge is -2.05. The van der Waals surface area contributed by atoms with Crippen LogP contribution in [-0.2, 0) is 0 Å². The van der Waals surface area contributed by atoms with Gasteiger partial charge in [-0.25, -0.2) is 5.43 Å². The summed E-state index contributed by atoms with van der Waals surface area (Å²) in [6.07, 6.45) is 3.66. The van der Waals surface area contributed by atoms with Crippen LogP contribution >= 0.6 is 0 Å². The van der Waals surface area contributed by atoms with Gasteiger partial charge in [0, 0.05) is 5.56 Å². The van der Waals surface area contributed by atoms with Crippen LogP contribution in [0.15, 0.2) is 59.2 Å². The first-order valence-electron chi connectivity index (χ1n) is 8.25. The summed E-state index contributed by atoms with van der Waals surface area (Å²) in [6.45, 7) is 6.29. The fourth-order valence-electron chi connectivity index (χ4n) is 2.28. The highest BCUT2D eigenvalue weighted by Crippen LogP contribution is 2.16. The van der Waals surface area contributed by atoms with Crippen molar-refractivity contribution in [3.8, 4) is 5.75 Å². The molecular formula is C21H24N2O2. The second-order valence-corrected chi connectivity index (χ2v) is 6.14. The number of rotatable bonds is 6. The molecule has 0 fully saturated rings. The Morgan fingerprint density at radius 1 is 1.08 bits per heavy atom. The van der Waals surface area contributed by atoms with Crippen LogP contribution in [0.3, 0.4) is 0 Å². The largest absolute Gasteiger partial charge is 0.497 e. The summed E-state index contributed by atoms with van der Waals surface area (Å²) in [7, 11) is 1.59. The van der Waals surface area contributed by atoms with Crippen molar-refractivity contribution < 1.29 is 9.53 Å². The highest BCUT2D eigenvalue weighted by molar-refractivity contribution is 5.95. The Morgan fingerprint density at radius 2 is 1.72 bits per heavy atom. The molecule has 0 radical (unpaired) electrons. The van der Waals surface area contributed by atoms with Crippen molar-refractivity contribution in [1.29, 1.82) is 0 Å². The summed E-state index contributed by atoms with van der Waals surface area (Å²) < 4.78 is 5.07. The van der Waals surface area contributed by atoms with Gasteiger partial charge in [0.1, 0.15) is 5.75 Å². The number of nitrogens with zero attached hydrogens (tertiary/aromatic N) is 1. The topological polar surface area (TPSA) is 50.7 Å².